The van der Waals surface area contributed by atoms with Crippen LogP contribution in [-0.2, 0) is 4.79 Å². The number of urea groups is 1. The molecular formula is C10H10ClN3O6. The number of carbonyl (C=O) groups is 2. The second-order valence-electron chi connectivity index (χ2n) is 3.60. The van der Waals surface area contributed by atoms with E-state index >= 15 is 0 Å². The Balaban J connectivity index is 2.78. The highest BCUT2D eigenvalue weighted by Gasteiger charge is 2.19. The number of carboxylic acid groups (broad SMARTS) is 1. The van der Waals surface area contributed by atoms with Gasteiger partial charge in [-0.15, -0.1) is 0 Å². The van der Waals surface area contributed by atoms with E-state index in [9.17, 15) is 19.7 Å². The van der Waals surface area contributed by atoms with Crippen LogP contribution in [0.1, 0.15) is 0 Å². The first-order valence-corrected chi connectivity index (χ1v) is 5.58. The molecule has 2 amide bonds. The average Bonchev–Trinajstić information content (AvgIpc) is 2.37. The summed E-state index contributed by atoms with van der Waals surface area (Å²) < 4.78 is 0. The van der Waals surface area contributed by atoms with Gasteiger partial charge in [-0.2, -0.15) is 0 Å². The lowest BCUT2D eigenvalue weighted by Gasteiger charge is -2.12. The zero-order valence-corrected chi connectivity index (χ0v) is 10.6. The Labute approximate surface area is 117 Å². The SMILES string of the molecule is O=C(Nc1ccc(Cl)c([N+](=O)[O-])c1)N[C@H](CO)C(=O)O. The average molecular weight is 304 g/mol. The molecule has 20 heavy (non-hydrogen) atoms. The fourth-order valence-corrected chi connectivity index (χ4v) is 1.43. The molecule has 0 heterocycles. The predicted molar refractivity (Wildman–Crippen MR) is 68.8 cm³/mol. The number of carbonyl (C=O) groups excluding carboxylic acids is 1. The molecule has 0 saturated carbocycles. The summed E-state index contributed by atoms with van der Waals surface area (Å²) in [5, 5.41) is 32.1. The predicted octanol–water partition coefficient (Wildman–Crippen LogP) is 0.815. The summed E-state index contributed by atoms with van der Waals surface area (Å²) >= 11 is 5.60. The van der Waals surface area contributed by atoms with Crippen LogP contribution < -0.4 is 10.6 Å². The van der Waals surface area contributed by atoms with Crippen molar-refractivity contribution >= 4 is 35.0 Å². The number of aliphatic hydroxyl groups is 1. The fourth-order valence-electron chi connectivity index (χ4n) is 1.24. The van der Waals surface area contributed by atoms with Gasteiger partial charge in [0.15, 0.2) is 6.04 Å². The van der Waals surface area contributed by atoms with E-state index in [0.29, 0.717) is 0 Å². The molecule has 0 aliphatic rings. The number of benzene rings is 1. The monoisotopic (exact) mass is 303 g/mol. The molecule has 4 N–H and O–H groups in total. The van der Waals surface area contributed by atoms with Gasteiger partial charge in [0.05, 0.1) is 11.5 Å². The number of aliphatic carboxylic acids is 1. The number of anilines is 1. The first kappa shape index (κ1) is 15.7. The van der Waals surface area contributed by atoms with Gasteiger partial charge in [-0.3, -0.25) is 10.1 Å². The number of hydrogen-bond donors (Lipinski definition) is 4. The van der Waals surface area contributed by atoms with E-state index in [1.165, 1.54) is 12.1 Å². The van der Waals surface area contributed by atoms with Crippen LogP contribution in [-0.4, -0.2) is 39.8 Å². The summed E-state index contributed by atoms with van der Waals surface area (Å²) in [4.78, 5) is 32.0. The molecule has 1 atom stereocenters. The van der Waals surface area contributed by atoms with E-state index in [2.05, 4.69) is 5.32 Å². The van der Waals surface area contributed by atoms with E-state index in [1.807, 2.05) is 5.32 Å². The van der Waals surface area contributed by atoms with Crippen LogP contribution in [0.5, 0.6) is 0 Å². The Bertz CT molecular complexity index is 550. The zero-order chi connectivity index (χ0) is 15.3. The normalized spacial score (nSPS) is 11.5. The molecule has 9 nitrogen and oxygen atoms in total. The number of rotatable bonds is 5. The van der Waals surface area contributed by atoms with Crippen LogP contribution in [0.4, 0.5) is 16.2 Å². The molecular weight excluding hydrogens is 294 g/mol. The summed E-state index contributed by atoms with van der Waals surface area (Å²) in [6.45, 7) is -0.788. The first-order valence-electron chi connectivity index (χ1n) is 5.20. The standard InChI is InChI=1S/C10H10ClN3O6/c11-6-2-1-5(3-8(6)14(19)20)12-10(18)13-7(4-15)9(16)17/h1-3,7,15H,4H2,(H,16,17)(H2,12,13,18)/t7-/m1/s1. The van der Waals surface area contributed by atoms with Gasteiger partial charge in [0.1, 0.15) is 5.02 Å². The Hall–Kier alpha value is -2.39. The highest BCUT2D eigenvalue weighted by molar-refractivity contribution is 6.32. The number of nitro benzene ring substituents is 1. The Kier molecular flexibility index (Phi) is 5.23. The molecule has 0 bridgehead atoms. The third-order valence-corrected chi connectivity index (χ3v) is 2.51. The molecule has 0 spiro atoms. The number of aliphatic hydroxyl groups excluding tert-OH is 1. The van der Waals surface area contributed by atoms with Crippen molar-refractivity contribution in [2.75, 3.05) is 11.9 Å². The number of halogens is 1. The van der Waals surface area contributed by atoms with E-state index in [4.69, 9.17) is 21.8 Å². The maximum Gasteiger partial charge on any atom is 0.328 e. The van der Waals surface area contributed by atoms with Crippen molar-refractivity contribution in [2.45, 2.75) is 6.04 Å². The van der Waals surface area contributed by atoms with Crippen LogP contribution in [0, 0.1) is 10.1 Å². The van der Waals surface area contributed by atoms with E-state index in [1.54, 1.807) is 0 Å². The van der Waals surface area contributed by atoms with Crippen LogP contribution in [0.2, 0.25) is 5.02 Å². The second-order valence-corrected chi connectivity index (χ2v) is 4.00. The largest absolute Gasteiger partial charge is 0.480 e. The Morgan fingerprint density at radius 3 is 2.60 bits per heavy atom. The maximum atomic E-state index is 11.5. The molecule has 0 unspecified atom stereocenters. The molecule has 0 aliphatic carbocycles. The quantitative estimate of drug-likeness (QED) is 0.468. The van der Waals surface area contributed by atoms with Gasteiger partial charge in [0, 0.05) is 11.8 Å². The number of nitrogens with one attached hydrogen (secondary N) is 2. The first-order chi connectivity index (χ1) is 9.35. The van der Waals surface area contributed by atoms with Crippen molar-refractivity contribution in [3.8, 4) is 0 Å². The van der Waals surface area contributed by atoms with Crippen LogP contribution >= 0.6 is 11.6 Å². The number of hydrogen-bond acceptors (Lipinski definition) is 5. The lowest BCUT2D eigenvalue weighted by molar-refractivity contribution is -0.384. The molecule has 0 aliphatic heterocycles. The number of amides is 2. The van der Waals surface area contributed by atoms with E-state index in [-0.39, 0.29) is 10.7 Å². The Morgan fingerprint density at radius 1 is 1.45 bits per heavy atom. The number of nitrogens with zero attached hydrogens (tertiary/aromatic N) is 1. The van der Waals surface area contributed by atoms with Crippen molar-refractivity contribution in [2.24, 2.45) is 0 Å². The number of nitro groups is 1. The van der Waals surface area contributed by atoms with Crippen LogP contribution in [0.25, 0.3) is 0 Å². The molecule has 0 saturated heterocycles. The highest BCUT2D eigenvalue weighted by Crippen LogP contribution is 2.27. The minimum absolute atomic E-state index is 0.0562. The van der Waals surface area contributed by atoms with Crippen molar-refractivity contribution in [1.29, 1.82) is 0 Å². The van der Waals surface area contributed by atoms with E-state index < -0.39 is 35.3 Å². The second kappa shape index (κ2) is 6.68. The lowest BCUT2D eigenvalue weighted by Crippen LogP contribution is -2.45. The Morgan fingerprint density at radius 2 is 2.10 bits per heavy atom. The summed E-state index contributed by atoms with van der Waals surface area (Å²) in [6, 6.07) is 1.15. The van der Waals surface area contributed by atoms with E-state index in [0.717, 1.165) is 6.07 Å². The summed E-state index contributed by atoms with van der Waals surface area (Å²) in [5.41, 5.74) is -0.345. The van der Waals surface area contributed by atoms with Gasteiger partial charge in [0.25, 0.3) is 5.69 Å². The third kappa shape index (κ3) is 4.07. The van der Waals surface area contributed by atoms with Gasteiger partial charge >= 0.3 is 12.0 Å². The molecule has 0 radical (unpaired) electrons. The topological polar surface area (TPSA) is 142 Å². The minimum atomic E-state index is -1.47. The summed E-state index contributed by atoms with van der Waals surface area (Å²) in [5.74, 6) is -1.41. The van der Waals surface area contributed by atoms with Crippen LogP contribution in [0.3, 0.4) is 0 Å². The van der Waals surface area contributed by atoms with Gasteiger partial charge in [-0.1, -0.05) is 11.6 Å². The minimum Gasteiger partial charge on any atom is -0.480 e. The molecule has 10 heteroatoms. The molecule has 1 aromatic carbocycles. The van der Waals surface area contributed by atoms with Crippen molar-refractivity contribution in [3.05, 3.63) is 33.3 Å². The zero-order valence-electron chi connectivity index (χ0n) is 9.87. The molecule has 0 aromatic heterocycles. The summed E-state index contributed by atoms with van der Waals surface area (Å²) in [6.07, 6.45) is 0. The lowest BCUT2D eigenvalue weighted by atomic mass is 10.3. The van der Waals surface area contributed by atoms with Gasteiger partial charge in [-0.25, -0.2) is 9.59 Å². The molecule has 1 rings (SSSR count). The van der Waals surface area contributed by atoms with Crippen molar-refractivity contribution in [1.82, 2.24) is 5.32 Å². The third-order valence-electron chi connectivity index (χ3n) is 2.19. The van der Waals surface area contributed by atoms with Gasteiger partial charge in [-0.05, 0) is 12.1 Å². The number of carboxylic acids is 1. The van der Waals surface area contributed by atoms with Crippen molar-refractivity contribution < 1.29 is 24.7 Å². The van der Waals surface area contributed by atoms with Crippen LogP contribution in [0.15, 0.2) is 18.2 Å². The highest BCUT2D eigenvalue weighted by atomic mass is 35.5. The molecule has 0 fully saturated rings. The van der Waals surface area contributed by atoms with Gasteiger partial charge < -0.3 is 20.8 Å². The fraction of sp³-hybridized carbons (Fsp3) is 0.200. The smallest absolute Gasteiger partial charge is 0.328 e. The molecule has 1 aromatic rings. The molecule has 108 valence electrons. The summed E-state index contributed by atoms with van der Waals surface area (Å²) in [7, 11) is 0. The van der Waals surface area contributed by atoms with Crippen molar-refractivity contribution in [3.63, 3.8) is 0 Å². The van der Waals surface area contributed by atoms with Gasteiger partial charge in [0.2, 0.25) is 0 Å². The maximum absolute atomic E-state index is 11.5.